The summed E-state index contributed by atoms with van der Waals surface area (Å²) in [6.07, 6.45) is 0. The molecule has 4 N–H and O–H groups in total. The Morgan fingerprint density at radius 3 is 1.00 bits per heavy atom. The minimum atomic E-state index is -0.00524. The van der Waals surface area contributed by atoms with Crippen LogP contribution in [0.4, 0.5) is 34.1 Å². The molecule has 0 bridgehead atoms. The first kappa shape index (κ1) is 41.2. The molecule has 0 fully saturated rings. The van der Waals surface area contributed by atoms with Gasteiger partial charge in [-0.1, -0.05) is 0 Å². The summed E-state index contributed by atoms with van der Waals surface area (Å²) in [5.74, 6) is 1.43. The van der Waals surface area contributed by atoms with Gasteiger partial charge in [-0.2, -0.15) is 20.5 Å². The summed E-state index contributed by atoms with van der Waals surface area (Å²) < 4.78 is 12.0. The van der Waals surface area contributed by atoms with Crippen LogP contribution in [0.1, 0.15) is 11.1 Å². The van der Waals surface area contributed by atoms with Crippen molar-refractivity contribution in [1.29, 1.82) is 0 Å². The molecular weight excluding hydrogens is 765 g/mol. The third kappa shape index (κ3) is 9.99. The van der Waals surface area contributed by atoms with E-state index < -0.39 is 0 Å². The molecule has 0 amide bonds. The Kier molecular flexibility index (Phi) is 13.5. The highest BCUT2D eigenvalue weighted by atomic mass is 16.4. The van der Waals surface area contributed by atoms with Crippen LogP contribution < -0.4 is 9.80 Å². The lowest BCUT2D eigenvalue weighted by molar-refractivity contribution is 0.280. The lowest BCUT2D eigenvalue weighted by Gasteiger charge is -2.23. The standard InChI is InChI=1S/C44H44N10O6/c1-29-27-37(53(19-23-55)20-24-56)15-17-39(29)47-45-35-11-7-33(8-12-35)43-51-49-41(59-43)31-3-5-32(6-4-31)42-50-52-44(60-42)34-9-13-36(14-10-34)46-48-40-18-16-38(28-30(40)2)54(21-25-57)22-26-58/h3-18,27-28,55-58H,19-26H2,1-2H3. The van der Waals surface area contributed by atoms with Gasteiger partial charge < -0.3 is 39.1 Å². The molecule has 2 aromatic heterocycles. The zero-order valence-electron chi connectivity index (χ0n) is 33.1. The Bertz CT molecular complexity index is 2350. The summed E-state index contributed by atoms with van der Waals surface area (Å²) in [5.41, 5.74) is 9.28. The highest BCUT2D eigenvalue weighted by Crippen LogP contribution is 2.32. The second-order valence-electron chi connectivity index (χ2n) is 13.7. The molecule has 306 valence electrons. The summed E-state index contributed by atoms with van der Waals surface area (Å²) in [6.45, 7) is 5.58. The normalized spacial score (nSPS) is 11.6. The van der Waals surface area contributed by atoms with Crippen molar-refractivity contribution in [1.82, 2.24) is 20.4 Å². The number of hydrogen-bond donors (Lipinski definition) is 4. The molecule has 0 aliphatic rings. The van der Waals surface area contributed by atoms with Gasteiger partial charge in [0, 0.05) is 59.8 Å². The number of anilines is 2. The highest BCUT2D eigenvalue weighted by Gasteiger charge is 2.15. The summed E-state index contributed by atoms with van der Waals surface area (Å²) in [7, 11) is 0. The first-order valence-corrected chi connectivity index (χ1v) is 19.3. The number of aliphatic hydroxyl groups is 4. The predicted molar refractivity (Wildman–Crippen MR) is 227 cm³/mol. The van der Waals surface area contributed by atoms with E-state index >= 15 is 0 Å². The van der Waals surface area contributed by atoms with Gasteiger partial charge in [0.2, 0.25) is 23.6 Å². The Hall–Kier alpha value is -6.98. The van der Waals surface area contributed by atoms with Crippen LogP contribution in [0.5, 0.6) is 0 Å². The van der Waals surface area contributed by atoms with Crippen LogP contribution in [-0.4, -0.2) is 93.4 Å². The average Bonchev–Trinajstić information content (AvgIpc) is 3.98. The van der Waals surface area contributed by atoms with Crippen LogP contribution in [0.25, 0.3) is 45.8 Å². The Morgan fingerprint density at radius 2 is 0.717 bits per heavy atom. The van der Waals surface area contributed by atoms with Crippen molar-refractivity contribution in [3.8, 4) is 45.8 Å². The van der Waals surface area contributed by atoms with Crippen LogP contribution in [0.2, 0.25) is 0 Å². The molecule has 5 aromatic carbocycles. The maximum atomic E-state index is 9.35. The minimum absolute atomic E-state index is 0.00524. The molecule has 16 nitrogen and oxygen atoms in total. The molecular formula is C44H44N10O6. The molecule has 60 heavy (non-hydrogen) atoms. The first-order valence-electron chi connectivity index (χ1n) is 19.3. The van der Waals surface area contributed by atoms with Crippen LogP contribution >= 0.6 is 0 Å². The highest BCUT2D eigenvalue weighted by molar-refractivity contribution is 5.65. The SMILES string of the molecule is Cc1cc(N(CCO)CCO)ccc1N=Nc1ccc(-c2nnc(-c3ccc(-c4nnc(-c5ccc(N=Nc6ccc(N(CCO)CCO)cc6C)cc5)o4)cc3)o2)cc1. The predicted octanol–water partition coefficient (Wildman–Crippen LogP) is 8.15. The van der Waals surface area contributed by atoms with Gasteiger partial charge in [0.1, 0.15) is 0 Å². The molecule has 0 saturated heterocycles. The molecule has 16 heteroatoms. The van der Waals surface area contributed by atoms with Crippen molar-refractivity contribution in [3.63, 3.8) is 0 Å². The van der Waals surface area contributed by atoms with Crippen LogP contribution in [-0.2, 0) is 0 Å². The third-order valence-corrected chi connectivity index (χ3v) is 9.57. The van der Waals surface area contributed by atoms with Crippen molar-refractivity contribution in [3.05, 3.63) is 120 Å². The van der Waals surface area contributed by atoms with E-state index in [1.165, 1.54) is 0 Å². The minimum Gasteiger partial charge on any atom is -0.416 e. The number of aryl methyl sites for hydroxylation is 2. The largest absolute Gasteiger partial charge is 0.416 e. The number of aromatic nitrogens is 4. The maximum absolute atomic E-state index is 9.35. The van der Waals surface area contributed by atoms with E-state index in [1.807, 2.05) is 133 Å². The van der Waals surface area contributed by atoms with E-state index in [1.54, 1.807) is 0 Å². The summed E-state index contributed by atoms with van der Waals surface area (Å²) in [4.78, 5) is 3.83. The fourth-order valence-electron chi connectivity index (χ4n) is 6.35. The molecule has 0 atom stereocenters. The lowest BCUT2D eigenvalue weighted by atomic mass is 10.1. The van der Waals surface area contributed by atoms with Gasteiger partial charge in [0.25, 0.3) is 0 Å². The molecule has 0 spiro atoms. The summed E-state index contributed by atoms with van der Waals surface area (Å²) >= 11 is 0. The summed E-state index contributed by atoms with van der Waals surface area (Å²) in [5, 5.41) is 72.0. The zero-order chi connectivity index (χ0) is 41.8. The monoisotopic (exact) mass is 808 g/mol. The fraction of sp³-hybridized carbons (Fsp3) is 0.227. The molecule has 0 saturated carbocycles. The molecule has 0 unspecified atom stereocenters. The molecule has 7 rings (SSSR count). The van der Waals surface area contributed by atoms with Crippen molar-refractivity contribution >= 4 is 34.1 Å². The average molecular weight is 809 g/mol. The number of hydrogen-bond acceptors (Lipinski definition) is 16. The molecule has 7 aromatic rings. The fourth-order valence-corrected chi connectivity index (χ4v) is 6.35. The van der Waals surface area contributed by atoms with Gasteiger partial charge in [-0.05, 0) is 134 Å². The number of azo groups is 2. The van der Waals surface area contributed by atoms with Gasteiger partial charge >= 0.3 is 0 Å². The molecule has 0 radical (unpaired) electrons. The molecule has 2 heterocycles. The first-order chi connectivity index (χ1) is 29.3. The number of aliphatic hydroxyl groups excluding tert-OH is 4. The third-order valence-electron chi connectivity index (χ3n) is 9.57. The number of benzene rings is 5. The van der Waals surface area contributed by atoms with E-state index in [2.05, 4.69) is 40.9 Å². The summed E-state index contributed by atoms with van der Waals surface area (Å²) in [6, 6.07) is 33.5. The second-order valence-corrected chi connectivity index (χ2v) is 13.7. The number of nitrogens with zero attached hydrogens (tertiary/aromatic N) is 10. The van der Waals surface area contributed by atoms with Gasteiger partial charge in [-0.15, -0.1) is 20.4 Å². The smallest absolute Gasteiger partial charge is 0.248 e. The van der Waals surface area contributed by atoms with Gasteiger partial charge in [0.15, 0.2) is 0 Å². The van der Waals surface area contributed by atoms with Crippen molar-refractivity contribution in [2.75, 3.05) is 62.4 Å². The zero-order valence-corrected chi connectivity index (χ0v) is 33.1. The topological polar surface area (TPSA) is 215 Å². The molecule has 0 aliphatic heterocycles. The van der Waals surface area contributed by atoms with E-state index in [-0.39, 0.29) is 26.4 Å². The lowest BCUT2D eigenvalue weighted by Crippen LogP contribution is -2.29. The van der Waals surface area contributed by atoms with E-state index in [4.69, 9.17) is 8.83 Å². The van der Waals surface area contributed by atoms with Crippen LogP contribution in [0, 0.1) is 13.8 Å². The van der Waals surface area contributed by atoms with Gasteiger partial charge in [-0.25, -0.2) is 0 Å². The van der Waals surface area contributed by atoms with Gasteiger partial charge in [-0.3, -0.25) is 0 Å². The van der Waals surface area contributed by atoms with Crippen LogP contribution in [0.15, 0.2) is 138 Å². The Labute approximate surface area is 345 Å². The quantitative estimate of drug-likeness (QED) is 0.0605. The van der Waals surface area contributed by atoms with Crippen LogP contribution in [0.3, 0.4) is 0 Å². The maximum Gasteiger partial charge on any atom is 0.248 e. The second kappa shape index (κ2) is 19.6. The van der Waals surface area contributed by atoms with Crippen molar-refractivity contribution < 1.29 is 29.3 Å². The van der Waals surface area contributed by atoms with E-state index in [0.717, 1.165) is 44.8 Å². The Balaban J connectivity index is 0.951. The van der Waals surface area contributed by atoms with E-state index in [0.29, 0.717) is 72.5 Å². The van der Waals surface area contributed by atoms with Crippen molar-refractivity contribution in [2.45, 2.75) is 13.8 Å². The van der Waals surface area contributed by atoms with Gasteiger partial charge in [0.05, 0.1) is 49.2 Å². The number of rotatable bonds is 18. The van der Waals surface area contributed by atoms with E-state index in [9.17, 15) is 20.4 Å². The van der Waals surface area contributed by atoms with Crippen molar-refractivity contribution in [2.24, 2.45) is 20.5 Å². The Morgan fingerprint density at radius 1 is 0.417 bits per heavy atom. The molecule has 0 aliphatic carbocycles.